The number of para-hydroxylation sites is 1. The lowest BCUT2D eigenvalue weighted by Gasteiger charge is -2.31. The van der Waals surface area contributed by atoms with Crippen LogP contribution in [0.1, 0.15) is 38.2 Å². The number of nitrogens with zero attached hydrogens (tertiary/aromatic N) is 3. The van der Waals surface area contributed by atoms with E-state index in [2.05, 4.69) is 21.7 Å². The Morgan fingerprint density at radius 1 is 1.29 bits per heavy atom. The SMILES string of the molecule is CCNC(=NCCCC(=O)N1CCc2ccccc21)NC1CCC(=O)N(C)C1. The second kappa shape index (κ2) is 9.57. The number of hydrogen-bond donors (Lipinski definition) is 2. The molecule has 3 rings (SSSR count). The van der Waals surface area contributed by atoms with Crippen LogP contribution in [0, 0.1) is 0 Å². The quantitative estimate of drug-likeness (QED) is 0.442. The number of rotatable bonds is 6. The number of hydrogen-bond acceptors (Lipinski definition) is 3. The molecule has 28 heavy (non-hydrogen) atoms. The first-order valence-corrected chi connectivity index (χ1v) is 10.3. The molecule has 1 fully saturated rings. The summed E-state index contributed by atoms with van der Waals surface area (Å²) in [5.41, 5.74) is 2.31. The van der Waals surface area contributed by atoms with Gasteiger partial charge in [-0.25, -0.2) is 0 Å². The van der Waals surface area contributed by atoms with E-state index < -0.39 is 0 Å². The van der Waals surface area contributed by atoms with Crippen LogP contribution in [0.3, 0.4) is 0 Å². The van der Waals surface area contributed by atoms with Crippen molar-refractivity contribution in [3.63, 3.8) is 0 Å². The average molecular weight is 386 g/mol. The number of guanidine groups is 1. The van der Waals surface area contributed by atoms with Crippen molar-refractivity contribution in [3.8, 4) is 0 Å². The molecular weight excluding hydrogens is 354 g/mol. The molecule has 1 atom stereocenters. The number of likely N-dealkylation sites (tertiary alicyclic amines) is 1. The largest absolute Gasteiger partial charge is 0.357 e. The van der Waals surface area contributed by atoms with Gasteiger partial charge in [0.25, 0.3) is 0 Å². The number of amides is 2. The molecule has 0 radical (unpaired) electrons. The normalized spacial score (nSPS) is 19.6. The molecule has 0 aliphatic carbocycles. The summed E-state index contributed by atoms with van der Waals surface area (Å²) >= 11 is 0. The molecule has 2 amide bonds. The Kier molecular flexibility index (Phi) is 6.90. The lowest BCUT2D eigenvalue weighted by atomic mass is 10.1. The third kappa shape index (κ3) is 5.03. The number of anilines is 1. The molecule has 1 unspecified atom stereocenters. The van der Waals surface area contributed by atoms with Gasteiger partial charge in [0.2, 0.25) is 11.8 Å². The molecule has 2 N–H and O–H groups in total. The van der Waals surface area contributed by atoms with Crippen molar-refractivity contribution in [2.45, 2.75) is 45.1 Å². The third-order valence-electron chi connectivity index (χ3n) is 5.32. The van der Waals surface area contributed by atoms with E-state index in [0.717, 1.165) is 44.0 Å². The lowest BCUT2D eigenvalue weighted by molar-refractivity contribution is -0.132. The highest BCUT2D eigenvalue weighted by Gasteiger charge is 2.24. The topological polar surface area (TPSA) is 77.0 Å². The van der Waals surface area contributed by atoms with Gasteiger partial charge >= 0.3 is 0 Å². The van der Waals surface area contributed by atoms with Crippen molar-refractivity contribution in [1.82, 2.24) is 15.5 Å². The smallest absolute Gasteiger partial charge is 0.227 e. The van der Waals surface area contributed by atoms with Crippen molar-refractivity contribution in [2.24, 2.45) is 4.99 Å². The predicted octanol–water partition coefficient (Wildman–Crippen LogP) is 1.53. The van der Waals surface area contributed by atoms with E-state index >= 15 is 0 Å². The second-order valence-corrected chi connectivity index (χ2v) is 7.44. The number of carbonyl (C=O) groups is 2. The number of benzene rings is 1. The van der Waals surface area contributed by atoms with Gasteiger partial charge in [0.05, 0.1) is 0 Å². The molecule has 152 valence electrons. The fourth-order valence-corrected chi connectivity index (χ4v) is 3.80. The van der Waals surface area contributed by atoms with Crippen molar-refractivity contribution in [1.29, 1.82) is 0 Å². The van der Waals surface area contributed by atoms with Gasteiger partial charge in [-0.15, -0.1) is 0 Å². The number of nitrogens with one attached hydrogen (secondary N) is 2. The van der Waals surface area contributed by atoms with Crippen molar-refractivity contribution in [2.75, 3.05) is 38.1 Å². The van der Waals surface area contributed by atoms with Crippen LogP contribution >= 0.6 is 0 Å². The molecule has 2 aliphatic rings. The van der Waals surface area contributed by atoms with Gasteiger partial charge in [-0.2, -0.15) is 0 Å². The lowest BCUT2D eigenvalue weighted by Crippen LogP contribution is -2.51. The highest BCUT2D eigenvalue weighted by molar-refractivity contribution is 5.95. The summed E-state index contributed by atoms with van der Waals surface area (Å²) in [5.74, 6) is 1.13. The predicted molar refractivity (Wildman–Crippen MR) is 112 cm³/mol. The van der Waals surface area contributed by atoms with Gasteiger partial charge in [0, 0.05) is 57.8 Å². The van der Waals surface area contributed by atoms with E-state index in [1.807, 2.05) is 37.1 Å². The highest BCUT2D eigenvalue weighted by atomic mass is 16.2. The Bertz CT molecular complexity index is 733. The van der Waals surface area contributed by atoms with Crippen molar-refractivity contribution < 1.29 is 9.59 Å². The summed E-state index contributed by atoms with van der Waals surface area (Å²) in [5, 5.41) is 6.67. The first-order chi connectivity index (χ1) is 13.6. The van der Waals surface area contributed by atoms with Crippen molar-refractivity contribution in [3.05, 3.63) is 29.8 Å². The molecule has 1 saturated heterocycles. The fourth-order valence-electron chi connectivity index (χ4n) is 3.80. The standard InChI is InChI=1S/C21H31N5O2/c1-3-22-21(24-17-10-11-19(27)25(2)15-17)23-13-6-9-20(28)26-14-12-16-7-4-5-8-18(16)26/h4-5,7-8,17H,3,6,9-15H2,1-2H3,(H2,22,23,24). The van der Waals surface area contributed by atoms with Crippen LogP contribution in [0.15, 0.2) is 29.3 Å². The Balaban J connectivity index is 1.46. The van der Waals surface area contributed by atoms with Crippen molar-refractivity contribution >= 4 is 23.5 Å². The fraction of sp³-hybridized carbons (Fsp3) is 0.571. The highest BCUT2D eigenvalue weighted by Crippen LogP contribution is 2.28. The molecule has 1 aromatic carbocycles. The first-order valence-electron chi connectivity index (χ1n) is 10.3. The molecule has 7 heteroatoms. The van der Waals surface area contributed by atoms with Gasteiger partial charge in [-0.1, -0.05) is 18.2 Å². The molecule has 0 aromatic heterocycles. The molecule has 0 bridgehead atoms. The molecule has 7 nitrogen and oxygen atoms in total. The van der Waals surface area contributed by atoms with Crippen LogP contribution in [-0.4, -0.2) is 61.9 Å². The van der Waals surface area contributed by atoms with Crippen LogP contribution in [0.2, 0.25) is 0 Å². The summed E-state index contributed by atoms with van der Waals surface area (Å²) < 4.78 is 0. The Labute approximate surface area is 167 Å². The zero-order valence-electron chi connectivity index (χ0n) is 16.9. The third-order valence-corrected chi connectivity index (χ3v) is 5.32. The molecular formula is C21H31N5O2. The summed E-state index contributed by atoms with van der Waals surface area (Å²) in [4.78, 5) is 32.5. The maximum absolute atomic E-state index is 12.6. The minimum Gasteiger partial charge on any atom is -0.357 e. The maximum atomic E-state index is 12.6. The van der Waals surface area contributed by atoms with Gasteiger partial charge in [0.1, 0.15) is 0 Å². The minimum absolute atomic E-state index is 0.172. The van der Waals surface area contributed by atoms with Crippen LogP contribution < -0.4 is 15.5 Å². The van der Waals surface area contributed by atoms with E-state index in [9.17, 15) is 9.59 Å². The van der Waals surface area contributed by atoms with Crippen LogP contribution in [0.5, 0.6) is 0 Å². The zero-order chi connectivity index (χ0) is 19.9. The van der Waals surface area contributed by atoms with Gasteiger partial charge in [0.15, 0.2) is 5.96 Å². The first kappa shape index (κ1) is 20.2. The van der Waals surface area contributed by atoms with E-state index in [-0.39, 0.29) is 17.9 Å². The Morgan fingerprint density at radius 3 is 2.89 bits per heavy atom. The van der Waals surface area contributed by atoms with Gasteiger partial charge in [-0.05, 0) is 37.8 Å². The van der Waals surface area contributed by atoms with E-state index in [1.54, 1.807) is 4.90 Å². The van der Waals surface area contributed by atoms with E-state index in [4.69, 9.17) is 0 Å². The Morgan fingerprint density at radius 2 is 2.11 bits per heavy atom. The number of aliphatic imine (C=N–C) groups is 1. The number of likely N-dealkylation sites (N-methyl/N-ethyl adjacent to an activating group) is 1. The monoisotopic (exact) mass is 385 g/mol. The zero-order valence-corrected chi connectivity index (χ0v) is 16.9. The summed E-state index contributed by atoms with van der Waals surface area (Å²) in [6.07, 6.45) is 3.54. The maximum Gasteiger partial charge on any atom is 0.227 e. The average Bonchev–Trinajstić information content (AvgIpc) is 3.12. The van der Waals surface area contributed by atoms with Crippen LogP contribution in [-0.2, 0) is 16.0 Å². The molecule has 1 aromatic rings. The van der Waals surface area contributed by atoms with Gasteiger partial charge < -0.3 is 20.4 Å². The Hall–Kier alpha value is -2.57. The van der Waals surface area contributed by atoms with Crippen LogP contribution in [0.25, 0.3) is 0 Å². The van der Waals surface area contributed by atoms with E-state index in [0.29, 0.717) is 25.9 Å². The second-order valence-electron chi connectivity index (χ2n) is 7.44. The molecule has 0 spiro atoms. The number of piperidine rings is 1. The molecule has 2 aliphatic heterocycles. The van der Waals surface area contributed by atoms with Gasteiger partial charge in [-0.3, -0.25) is 14.6 Å². The summed E-state index contributed by atoms with van der Waals surface area (Å²) in [7, 11) is 1.84. The summed E-state index contributed by atoms with van der Waals surface area (Å²) in [6.45, 7) is 4.87. The molecule has 0 saturated carbocycles. The number of carbonyl (C=O) groups excluding carboxylic acids is 2. The summed E-state index contributed by atoms with van der Waals surface area (Å²) in [6, 6.07) is 8.34. The van der Waals surface area contributed by atoms with Crippen LogP contribution in [0.4, 0.5) is 5.69 Å². The molecule has 2 heterocycles. The number of fused-ring (bicyclic) bond motifs is 1. The van der Waals surface area contributed by atoms with E-state index in [1.165, 1.54) is 5.56 Å². The minimum atomic E-state index is 0.172.